The standard InChI is InChI=1S/C17H16N4O4/c22-14-13-7-21(9-17(13,8-19-14)16(24)25)15(23)11-1-3-12(4-2-11)20-6-5-18-10-20/h1-6,10,13H,7-9H2,(H,19,22)(H,24,25)/t13-,17+/m0/s1. The highest BCUT2D eigenvalue weighted by molar-refractivity contribution is 5.98. The molecule has 0 spiro atoms. The minimum atomic E-state index is -1.22. The number of nitrogens with zero attached hydrogens (tertiary/aromatic N) is 3. The summed E-state index contributed by atoms with van der Waals surface area (Å²) in [5, 5.41) is 12.2. The average Bonchev–Trinajstić information content (AvgIpc) is 3.32. The van der Waals surface area contributed by atoms with Crippen LogP contribution in [0, 0.1) is 11.3 Å². The number of aliphatic carboxylic acids is 1. The van der Waals surface area contributed by atoms with Gasteiger partial charge in [-0.05, 0) is 24.3 Å². The van der Waals surface area contributed by atoms with E-state index in [0.29, 0.717) is 5.56 Å². The molecule has 8 heteroatoms. The number of amides is 2. The lowest BCUT2D eigenvalue weighted by Gasteiger charge is -2.22. The molecule has 128 valence electrons. The average molecular weight is 340 g/mol. The molecule has 2 aromatic rings. The molecule has 0 unspecified atom stereocenters. The number of carboxylic acids is 1. The van der Waals surface area contributed by atoms with Crippen molar-refractivity contribution in [3.8, 4) is 5.69 Å². The van der Waals surface area contributed by atoms with E-state index in [2.05, 4.69) is 10.3 Å². The molecule has 2 aliphatic heterocycles. The predicted octanol–water partition coefficient (Wildman–Crippen LogP) is 0.145. The van der Waals surface area contributed by atoms with Crippen molar-refractivity contribution in [2.45, 2.75) is 0 Å². The molecule has 0 aliphatic carbocycles. The van der Waals surface area contributed by atoms with Gasteiger partial charge in [-0.25, -0.2) is 4.98 Å². The number of hydrogen-bond donors (Lipinski definition) is 2. The lowest BCUT2D eigenvalue weighted by Crippen LogP contribution is -2.41. The van der Waals surface area contributed by atoms with Gasteiger partial charge in [-0.1, -0.05) is 0 Å². The molecule has 2 aliphatic rings. The number of carboxylic acid groups (broad SMARTS) is 1. The maximum absolute atomic E-state index is 12.7. The smallest absolute Gasteiger partial charge is 0.314 e. The normalized spacial score (nSPS) is 24.9. The van der Waals surface area contributed by atoms with Crippen LogP contribution in [0.4, 0.5) is 0 Å². The summed E-state index contributed by atoms with van der Waals surface area (Å²) in [5.41, 5.74) is 0.113. The summed E-state index contributed by atoms with van der Waals surface area (Å²) < 4.78 is 1.82. The van der Waals surface area contributed by atoms with Crippen molar-refractivity contribution < 1.29 is 19.5 Å². The van der Waals surface area contributed by atoms with Gasteiger partial charge >= 0.3 is 5.97 Å². The second-order valence-corrected chi connectivity index (χ2v) is 6.43. The number of benzene rings is 1. The van der Waals surface area contributed by atoms with Crippen LogP contribution in [0.25, 0.3) is 5.69 Å². The molecule has 4 rings (SSSR count). The van der Waals surface area contributed by atoms with Crippen molar-refractivity contribution in [1.29, 1.82) is 0 Å². The monoisotopic (exact) mass is 340 g/mol. The Balaban J connectivity index is 1.56. The Bertz CT molecular complexity index is 846. The van der Waals surface area contributed by atoms with Crippen molar-refractivity contribution in [3.63, 3.8) is 0 Å². The van der Waals surface area contributed by atoms with Crippen LogP contribution in [0.1, 0.15) is 10.4 Å². The van der Waals surface area contributed by atoms with E-state index in [-0.39, 0.29) is 31.4 Å². The van der Waals surface area contributed by atoms with Crippen LogP contribution in [-0.4, -0.2) is 57.0 Å². The quantitative estimate of drug-likeness (QED) is 0.827. The highest BCUT2D eigenvalue weighted by Crippen LogP contribution is 2.40. The summed E-state index contributed by atoms with van der Waals surface area (Å²) >= 11 is 0. The van der Waals surface area contributed by atoms with E-state index in [0.717, 1.165) is 5.69 Å². The molecule has 1 aromatic carbocycles. The van der Waals surface area contributed by atoms with Gasteiger partial charge in [0.05, 0.1) is 12.2 Å². The zero-order valence-electron chi connectivity index (χ0n) is 13.3. The van der Waals surface area contributed by atoms with Crippen LogP contribution < -0.4 is 5.32 Å². The van der Waals surface area contributed by atoms with Gasteiger partial charge in [-0.3, -0.25) is 14.4 Å². The Labute approximate surface area is 143 Å². The predicted molar refractivity (Wildman–Crippen MR) is 86.0 cm³/mol. The Morgan fingerprint density at radius 2 is 2.04 bits per heavy atom. The molecule has 0 radical (unpaired) electrons. The minimum Gasteiger partial charge on any atom is -0.481 e. The summed E-state index contributed by atoms with van der Waals surface area (Å²) in [7, 11) is 0. The molecule has 2 saturated heterocycles. The second kappa shape index (κ2) is 5.44. The first kappa shape index (κ1) is 15.4. The minimum absolute atomic E-state index is 0.0356. The van der Waals surface area contributed by atoms with E-state index >= 15 is 0 Å². The van der Waals surface area contributed by atoms with Gasteiger partial charge < -0.3 is 19.9 Å². The summed E-state index contributed by atoms with van der Waals surface area (Å²) in [5.74, 6) is -2.30. The lowest BCUT2D eigenvalue weighted by molar-refractivity contribution is -0.149. The number of fused-ring (bicyclic) bond motifs is 1. The third-order valence-electron chi connectivity index (χ3n) is 5.07. The molecule has 8 nitrogen and oxygen atoms in total. The van der Waals surface area contributed by atoms with Gasteiger partial charge in [0.15, 0.2) is 0 Å². The first-order chi connectivity index (χ1) is 12.0. The first-order valence-electron chi connectivity index (χ1n) is 7.90. The number of rotatable bonds is 3. The fourth-order valence-electron chi connectivity index (χ4n) is 3.61. The van der Waals surface area contributed by atoms with Crippen molar-refractivity contribution in [2.75, 3.05) is 19.6 Å². The van der Waals surface area contributed by atoms with Crippen LogP contribution in [0.3, 0.4) is 0 Å². The SMILES string of the molecule is O=C1NC[C@@]2(C(=O)O)CN(C(=O)c3ccc(-n4ccnc4)cc3)C[C@@H]12. The molecule has 2 atom stereocenters. The number of carbonyl (C=O) groups excluding carboxylic acids is 2. The molecule has 2 amide bonds. The molecule has 25 heavy (non-hydrogen) atoms. The molecular formula is C17H16N4O4. The van der Waals surface area contributed by atoms with Crippen LogP contribution in [0.2, 0.25) is 0 Å². The zero-order valence-corrected chi connectivity index (χ0v) is 13.3. The van der Waals surface area contributed by atoms with Crippen LogP contribution >= 0.6 is 0 Å². The number of likely N-dealkylation sites (tertiary alicyclic amines) is 1. The highest BCUT2D eigenvalue weighted by atomic mass is 16.4. The molecule has 0 bridgehead atoms. The van der Waals surface area contributed by atoms with Gasteiger partial charge in [0.2, 0.25) is 5.91 Å². The third kappa shape index (κ3) is 2.29. The number of hydrogen-bond acceptors (Lipinski definition) is 4. The van der Waals surface area contributed by atoms with E-state index in [1.165, 1.54) is 4.90 Å². The second-order valence-electron chi connectivity index (χ2n) is 6.43. The van der Waals surface area contributed by atoms with Crippen LogP contribution in [0.15, 0.2) is 43.0 Å². The highest BCUT2D eigenvalue weighted by Gasteiger charge is 2.60. The first-order valence-corrected chi connectivity index (χ1v) is 7.90. The van der Waals surface area contributed by atoms with Crippen molar-refractivity contribution in [1.82, 2.24) is 19.8 Å². The molecule has 3 heterocycles. The van der Waals surface area contributed by atoms with Crippen molar-refractivity contribution >= 4 is 17.8 Å². The van der Waals surface area contributed by atoms with E-state index < -0.39 is 17.3 Å². The number of imidazole rings is 1. The largest absolute Gasteiger partial charge is 0.481 e. The van der Waals surface area contributed by atoms with Crippen LogP contribution in [-0.2, 0) is 9.59 Å². The zero-order chi connectivity index (χ0) is 17.6. The Morgan fingerprint density at radius 3 is 2.64 bits per heavy atom. The molecule has 1 aromatic heterocycles. The number of nitrogens with one attached hydrogen (secondary N) is 1. The van der Waals surface area contributed by atoms with Gasteiger partial charge in [0.1, 0.15) is 5.41 Å². The van der Waals surface area contributed by atoms with Crippen molar-refractivity contribution in [2.24, 2.45) is 11.3 Å². The fourth-order valence-corrected chi connectivity index (χ4v) is 3.61. The number of aromatic nitrogens is 2. The van der Waals surface area contributed by atoms with E-state index in [1.807, 2.05) is 4.57 Å². The summed E-state index contributed by atoms with van der Waals surface area (Å²) in [4.78, 5) is 41.8. The Hall–Kier alpha value is -3.16. The number of carbonyl (C=O) groups is 3. The molecule has 0 saturated carbocycles. The van der Waals surface area contributed by atoms with Gasteiger partial charge in [0.25, 0.3) is 5.91 Å². The molecular weight excluding hydrogens is 324 g/mol. The lowest BCUT2D eigenvalue weighted by atomic mass is 9.81. The summed E-state index contributed by atoms with van der Waals surface area (Å²) in [6, 6.07) is 6.98. The van der Waals surface area contributed by atoms with Crippen LogP contribution in [0.5, 0.6) is 0 Å². The summed E-state index contributed by atoms with van der Waals surface area (Å²) in [6.07, 6.45) is 5.12. The van der Waals surface area contributed by atoms with Crippen molar-refractivity contribution in [3.05, 3.63) is 48.5 Å². The summed E-state index contributed by atoms with van der Waals surface area (Å²) in [6.45, 7) is 0.225. The Kier molecular flexibility index (Phi) is 3.34. The van der Waals surface area contributed by atoms with E-state index in [9.17, 15) is 19.5 Å². The maximum atomic E-state index is 12.7. The fraction of sp³-hybridized carbons (Fsp3) is 0.294. The van der Waals surface area contributed by atoms with Gasteiger partial charge in [0, 0.05) is 43.3 Å². The third-order valence-corrected chi connectivity index (χ3v) is 5.07. The molecule has 2 fully saturated rings. The van der Waals surface area contributed by atoms with E-state index in [1.54, 1.807) is 43.0 Å². The van der Waals surface area contributed by atoms with E-state index in [4.69, 9.17) is 0 Å². The Morgan fingerprint density at radius 1 is 1.28 bits per heavy atom. The molecule has 2 N–H and O–H groups in total. The topological polar surface area (TPSA) is 105 Å². The van der Waals surface area contributed by atoms with Gasteiger partial charge in [-0.15, -0.1) is 0 Å². The van der Waals surface area contributed by atoms with Gasteiger partial charge in [-0.2, -0.15) is 0 Å². The maximum Gasteiger partial charge on any atom is 0.314 e.